The lowest BCUT2D eigenvalue weighted by Gasteiger charge is -2.29. The Morgan fingerprint density at radius 3 is 2.43 bits per heavy atom. The Morgan fingerprint density at radius 1 is 1.09 bits per heavy atom. The smallest absolute Gasteiger partial charge is 0.181 e. The van der Waals surface area contributed by atoms with Gasteiger partial charge >= 0.3 is 0 Å². The highest BCUT2D eigenvalue weighted by Gasteiger charge is 2.31. The Labute approximate surface area is 140 Å². The third-order valence-electron chi connectivity index (χ3n) is 3.94. The maximum atomic E-state index is 5.96. The molecule has 0 saturated carbocycles. The number of nitrogens with zero attached hydrogens (tertiary/aromatic N) is 4. The second-order valence-electron chi connectivity index (χ2n) is 5.57. The van der Waals surface area contributed by atoms with Crippen LogP contribution >= 0.6 is 11.6 Å². The lowest BCUT2D eigenvalue weighted by Crippen LogP contribution is -2.34. The van der Waals surface area contributed by atoms with Gasteiger partial charge in [0.25, 0.3) is 0 Å². The predicted molar refractivity (Wildman–Crippen MR) is 91.9 cm³/mol. The van der Waals surface area contributed by atoms with Crippen molar-refractivity contribution in [1.29, 1.82) is 0 Å². The average molecular weight is 328 g/mol. The van der Waals surface area contributed by atoms with E-state index in [2.05, 4.69) is 34.7 Å². The minimum Gasteiger partial charge on any atom is -0.373 e. The van der Waals surface area contributed by atoms with Crippen molar-refractivity contribution < 1.29 is 0 Å². The summed E-state index contributed by atoms with van der Waals surface area (Å²) in [7, 11) is 0. The van der Waals surface area contributed by atoms with Gasteiger partial charge in [0.15, 0.2) is 5.82 Å². The summed E-state index contributed by atoms with van der Waals surface area (Å²) in [6, 6.07) is 17.5. The molecule has 0 bridgehead atoms. The van der Waals surface area contributed by atoms with Crippen LogP contribution in [-0.2, 0) is 5.54 Å². The predicted octanol–water partition coefficient (Wildman–Crippen LogP) is 4.05. The van der Waals surface area contributed by atoms with Crippen LogP contribution in [0.5, 0.6) is 0 Å². The van der Waals surface area contributed by atoms with E-state index in [4.69, 9.17) is 11.6 Å². The van der Waals surface area contributed by atoms with Crippen molar-refractivity contribution in [3.05, 3.63) is 65.4 Å². The molecule has 3 aromatic rings. The minimum absolute atomic E-state index is 0.410. The molecule has 0 amide bonds. The molecule has 0 aliphatic heterocycles. The molecule has 5 nitrogen and oxygen atoms in total. The molecule has 2 aromatic carbocycles. The molecule has 0 unspecified atom stereocenters. The Balaban J connectivity index is 1.97. The number of tetrazole rings is 1. The van der Waals surface area contributed by atoms with E-state index >= 15 is 0 Å². The first-order chi connectivity index (χ1) is 11.1. The number of hydrogen-bond acceptors (Lipinski definition) is 4. The van der Waals surface area contributed by atoms with Gasteiger partial charge in [0.05, 0.1) is 11.2 Å². The topological polar surface area (TPSA) is 55.6 Å². The van der Waals surface area contributed by atoms with E-state index in [0.717, 1.165) is 23.6 Å². The van der Waals surface area contributed by atoms with E-state index in [1.165, 1.54) is 0 Å². The highest BCUT2D eigenvalue weighted by Crippen LogP contribution is 2.29. The van der Waals surface area contributed by atoms with Gasteiger partial charge in [-0.1, -0.05) is 36.7 Å². The van der Waals surface area contributed by atoms with E-state index in [9.17, 15) is 0 Å². The Morgan fingerprint density at radius 2 is 1.78 bits per heavy atom. The zero-order valence-electron chi connectivity index (χ0n) is 13.1. The van der Waals surface area contributed by atoms with Crippen molar-refractivity contribution in [2.75, 3.05) is 5.32 Å². The fraction of sp³-hybridized carbons (Fsp3) is 0.235. The van der Waals surface area contributed by atoms with Crippen LogP contribution in [0.4, 0.5) is 5.69 Å². The van der Waals surface area contributed by atoms with Crippen LogP contribution in [0.25, 0.3) is 5.69 Å². The summed E-state index contributed by atoms with van der Waals surface area (Å²) in [5, 5.41) is 16.5. The van der Waals surface area contributed by atoms with E-state index in [0.29, 0.717) is 5.02 Å². The Bertz CT molecular complexity index is 769. The van der Waals surface area contributed by atoms with Crippen molar-refractivity contribution in [2.45, 2.75) is 25.8 Å². The van der Waals surface area contributed by atoms with Crippen molar-refractivity contribution in [2.24, 2.45) is 0 Å². The molecule has 118 valence electrons. The van der Waals surface area contributed by atoms with E-state index < -0.39 is 5.54 Å². The van der Waals surface area contributed by atoms with Crippen molar-refractivity contribution >= 4 is 17.3 Å². The molecule has 0 spiro atoms. The molecule has 0 saturated heterocycles. The summed E-state index contributed by atoms with van der Waals surface area (Å²) in [6.45, 7) is 4.19. The maximum Gasteiger partial charge on any atom is 0.181 e. The molecule has 1 heterocycles. The van der Waals surface area contributed by atoms with Gasteiger partial charge in [-0.15, -0.1) is 5.10 Å². The van der Waals surface area contributed by atoms with Crippen LogP contribution in [0.1, 0.15) is 26.1 Å². The fourth-order valence-corrected chi connectivity index (χ4v) is 2.55. The average Bonchev–Trinajstić information content (AvgIpc) is 3.08. The number of rotatable bonds is 5. The molecule has 3 rings (SSSR count). The first-order valence-electron chi connectivity index (χ1n) is 7.50. The largest absolute Gasteiger partial charge is 0.373 e. The van der Waals surface area contributed by atoms with E-state index in [-0.39, 0.29) is 0 Å². The van der Waals surface area contributed by atoms with Gasteiger partial charge in [-0.25, -0.2) is 0 Å². The molecular formula is C17H18ClN5. The summed E-state index contributed by atoms with van der Waals surface area (Å²) in [5.74, 6) is 0.765. The second-order valence-corrected chi connectivity index (χ2v) is 6.00. The van der Waals surface area contributed by atoms with Gasteiger partial charge in [-0.05, 0) is 60.2 Å². The summed E-state index contributed by atoms with van der Waals surface area (Å²) in [6.07, 6.45) is 0.822. The van der Waals surface area contributed by atoms with Crippen molar-refractivity contribution in [3.63, 3.8) is 0 Å². The van der Waals surface area contributed by atoms with Crippen molar-refractivity contribution in [3.8, 4) is 5.69 Å². The molecule has 0 radical (unpaired) electrons. The van der Waals surface area contributed by atoms with Crippen LogP contribution in [0.3, 0.4) is 0 Å². The van der Waals surface area contributed by atoms with E-state index in [1.807, 2.05) is 54.6 Å². The molecule has 1 aromatic heterocycles. The number of hydrogen-bond donors (Lipinski definition) is 1. The zero-order valence-corrected chi connectivity index (χ0v) is 13.8. The normalized spacial score (nSPS) is 13.5. The highest BCUT2D eigenvalue weighted by atomic mass is 35.5. The van der Waals surface area contributed by atoms with Gasteiger partial charge in [0.1, 0.15) is 0 Å². The van der Waals surface area contributed by atoms with Crippen LogP contribution in [0.15, 0.2) is 54.6 Å². The molecule has 0 aliphatic rings. The van der Waals surface area contributed by atoms with Crippen LogP contribution in [-0.4, -0.2) is 20.2 Å². The fourth-order valence-electron chi connectivity index (χ4n) is 2.43. The van der Waals surface area contributed by atoms with Crippen LogP contribution < -0.4 is 5.32 Å². The lowest BCUT2D eigenvalue weighted by atomic mass is 9.97. The third-order valence-corrected chi connectivity index (χ3v) is 4.19. The Hall–Kier alpha value is -2.40. The summed E-state index contributed by atoms with van der Waals surface area (Å²) >= 11 is 5.96. The molecule has 1 N–H and O–H groups in total. The maximum absolute atomic E-state index is 5.96. The monoisotopic (exact) mass is 327 g/mol. The lowest BCUT2D eigenvalue weighted by molar-refractivity contribution is 0.474. The molecule has 0 aliphatic carbocycles. The summed E-state index contributed by atoms with van der Waals surface area (Å²) in [4.78, 5) is 0. The standard InChI is InChI=1S/C17H18ClN5/c1-3-17(2,19-14-11-9-13(18)10-12-14)16-20-21-22-23(16)15-7-5-4-6-8-15/h4-12,19H,3H2,1-2H3/t17-/m0/s1. The van der Waals surface area contributed by atoms with Gasteiger partial charge < -0.3 is 5.32 Å². The van der Waals surface area contributed by atoms with E-state index in [1.54, 1.807) is 4.68 Å². The number of aromatic nitrogens is 4. The van der Waals surface area contributed by atoms with Gasteiger partial charge in [-0.2, -0.15) is 4.68 Å². The molecule has 6 heteroatoms. The van der Waals surface area contributed by atoms with Gasteiger partial charge in [0, 0.05) is 10.7 Å². The van der Waals surface area contributed by atoms with Crippen molar-refractivity contribution in [1.82, 2.24) is 20.2 Å². The number of para-hydroxylation sites is 1. The third kappa shape index (κ3) is 3.19. The minimum atomic E-state index is -0.410. The summed E-state index contributed by atoms with van der Waals surface area (Å²) < 4.78 is 1.77. The van der Waals surface area contributed by atoms with Gasteiger partial charge in [0.2, 0.25) is 0 Å². The highest BCUT2D eigenvalue weighted by molar-refractivity contribution is 6.30. The first-order valence-corrected chi connectivity index (χ1v) is 7.88. The molecule has 1 atom stereocenters. The van der Waals surface area contributed by atoms with Gasteiger partial charge in [-0.3, -0.25) is 0 Å². The Kier molecular flexibility index (Phi) is 4.30. The molecule has 0 fully saturated rings. The zero-order chi connectivity index (χ0) is 16.3. The molecular weight excluding hydrogens is 310 g/mol. The number of nitrogens with one attached hydrogen (secondary N) is 1. The SMILES string of the molecule is CC[C@](C)(Nc1ccc(Cl)cc1)c1nnnn1-c1ccccc1. The molecule has 23 heavy (non-hydrogen) atoms. The number of benzene rings is 2. The second kappa shape index (κ2) is 6.38. The number of anilines is 1. The first kappa shape index (κ1) is 15.5. The number of halogens is 1. The van der Waals surface area contributed by atoms with Crippen LogP contribution in [0, 0.1) is 0 Å². The van der Waals surface area contributed by atoms with Crippen LogP contribution in [0.2, 0.25) is 5.02 Å². The summed E-state index contributed by atoms with van der Waals surface area (Å²) in [5.41, 5.74) is 1.50. The quantitative estimate of drug-likeness (QED) is 0.768.